The molecule has 1 amide bonds. The van der Waals surface area contributed by atoms with E-state index in [1.54, 1.807) is 24.3 Å². The Balaban J connectivity index is 2.41. The van der Waals surface area contributed by atoms with Crippen molar-refractivity contribution in [2.45, 2.75) is 19.4 Å². The Labute approximate surface area is 89.6 Å². The predicted molar refractivity (Wildman–Crippen MR) is 57.0 cm³/mol. The van der Waals surface area contributed by atoms with Crippen molar-refractivity contribution >= 4 is 5.91 Å². The SMILES string of the molecule is CN(Cc1ccncc1)C(=O)CCCO. The third-order valence-corrected chi connectivity index (χ3v) is 2.14. The van der Waals surface area contributed by atoms with E-state index in [9.17, 15) is 4.79 Å². The van der Waals surface area contributed by atoms with Crippen LogP contribution in [0.3, 0.4) is 0 Å². The molecule has 0 radical (unpaired) electrons. The Morgan fingerprint density at radius 2 is 2.13 bits per heavy atom. The van der Waals surface area contributed by atoms with Crippen LogP contribution in [0.2, 0.25) is 0 Å². The van der Waals surface area contributed by atoms with Gasteiger partial charge in [-0.25, -0.2) is 0 Å². The summed E-state index contributed by atoms with van der Waals surface area (Å²) in [6, 6.07) is 3.77. The minimum atomic E-state index is 0.0564. The predicted octanol–water partition coefficient (Wildman–Crippen LogP) is 0.812. The second kappa shape index (κ2) is 6.14. The van der Waals surface area contributed by atoms with Gasteiger partial charge in [0.1, 0.15) is 0 Å². The lowest BCUT2D eigenvalue weighted by Gasteiger charge is -2.16. The van der Waals surface area contributed by atoms with E-state index in [1.165, 1.54) is 0 Å². The van der Waals surface area contributed by atoms with Crippen molar-refractivity contribution in [1.82, 2.24) is 9.88 Å². The molecule has 82 valence electrons. The molecule has 0 aromatic carbocycles. The van der Waals surface area contributed by atoms with Crippen molar-refractivity contribution in [2.24, 2.45) is 0 Å². The molecule has 0 aliphatic carbocycles. The van der Waals surface area contributed by atoms with Crippen LogP contribution >= 0.6 is 0 Å². The van der Waals surface area contributed by atoms with Crippen LogP contribution in [-0.4, -0.2) is 34.6 Å². The summed E-state index contributed by atoms with van der Waals surface area (Å²) < 4.78 is 0. The zero-order valence-corrected chi connectivity index (χ0v) is 8.89. The first-order valence-corrected chi connectivity index (χ1v) is 4.97. The fraction of sp³-hybridized carbons (Fsp3) is 0.455. The Hall–Kier alpha value is -1.42. The summed E-state index contributed by atoms with van der Waals surface area (Å²) in [5, 5.41) is 8.61. The summed E-state index contributed by atoms with van der Waals surface area (Å²) in [5.74, 6) is 0.0564. The van der Waals surface area contributed by atoms with Gasteiger partial charge in [-0.1, -0.05) is 0 Å². The van der Waals surface area contributed by atoms with Crippen molar-refractivity contribution in [1.29, 1.82) is 0 Å². The molecule has 0 spiro atoms. The minimum absolute atomic E-state index is 0.0564. The maximum Gasteiger partial charge on any atom is 0.222 e. The zero-order chi connectivity index (χ0) is 11.1. The largest absolute Gasteiger partial charge is 0.396 e. The fourth-order valence-electron chi connectivity index (χ4n) is 1.27. The van der Waals surface area contributed by atoms with Crippen molar-refractivity contribution < 1.29 is 9.90 Å². The first-order chi connectivity index (χ1) is 7.24. The van der Waals surface area contributed by atoms with Crippen molar-refractivity contribution in [3.63, 3.8) is 0 Å². The smallest absolute Gasteiger partial charge is 0.222 e. The average Bonchev–Trinajstić information content (AvgIpc) is 2.27. The first-order valence-electron chi connectivity index (χ1n) is 4.97. The summed E-state index contributed by atoms with van der Waals surface area (Å²) in [7, 11) is 1.76. The van der Waals surface area contributed by atoms with E-state index in [2.05, 4.69) is 4.98 Å². The second-order valence-corrected chi connectivity index (χ2v) is 3.43. The van der Waals surface area contributed by atoms with E-state index in [1.807, 2.05) is 12.1 Å². The van der Waals surface area contributed by atoms with E-state index in [0.29, 0.717) is 19.4 Å². The fourth-order valence-corrected chi connectivity index (χ4v) is 1.27. The Morgan fingerprint density at radius 1 is 1.47 bits per heavy atom. The monoisotopic (exact) mass is 208 g/mol. The maximum absolute atomic E-state index is 11.5. The van der Waals surface area contributed by atoms with E-state index >= 15 is 0 Å². The Bertz CT molecular complexity index is 301. The zero-order valence-electron chi connectivity index (χ0n) is 8.89. The molecule has 0 unspecified atom stereocenters. The first kappa shape index (κ1) is 11.7. The molecule has 0 aliphatic heterocycles. The van der Waals surface area contributed by atoms with Crippen LogP contribution in [0.25, 0.3) is 0 Å². The van der Waals surface area contributed by atoms with Gasteiger partial charge in [0.25, 0.3) is 0 Å². The van der Waals surface area contributed by atoms with E-state index in [-0.39, 0.29) is 12.5 Å². The molecular weight excluding hydrogens is 192 g/mol. The molecule has 1 rings (SSSR count). The van der Waals surface area contributed by atoms with Crippen LogP contribution in [0.15, 0.2) is 24.5 Å². The number of carbonyl (C=O) groups excluding carboxylic acids is 1. The number of aliphatic hydroxyl groups is 1. The van der Waals surface area contributed by atoms with Gasteiger partial charge >= 0.3 is 0 Å². The van der Waals surface area contributed by atoms with Gasteiger partial charge in [0.2, 0.25) is 5.91 Å². The van der Waals surface area contributed by atoms with Gasteiger partial charge in [0.15, 0.2) is 0 Å². The van der Waals surface area contributed by atoms with Crippen LogP contribution in [-0.2, 0) is 11.3 Å². The molecule has 0 bridgehead atoms. The number of pyridine rings is 1. The number of carbonyl (C=O) groups is 1. The van der Waals surface area contributed by atoms with Crippen LogP contribution < -0.4 is 0 Å². The van der Waals surface area contributed by atoms with Crippen LogP contribution in [0.5, 0.6) is 0 Å². The molecule has 15 heavy (non-hydrogen) atoms. The number of aliphatic hydroxyl groups excluding tert-OH is 1. The summed E-state index contributed by atoms with van der Waals surface area (Å²) in [4.78, 5) is 17.1. The molecule has 0 atom stereocenters. The standard InChI is InChI=1S/C11H16N2O2/c1-13(11(15)3-2-8-14)9-10-4-6-12-7-5-10/h4-7,14H,2-3,8-9H2,1H3. The minimum Gasteiger partial charge on any atom is -0.396 e. The Morgan fingerprint density at radius 3 is 2.73 bits per heavy atom. The number of hydrogen-bond donors (Lipinski definition) is 1. The average molecular weight is 208 g/mol. The summed E-state index contributed by atoms with van der Waals surface area (Å²) in [5.41, 5.74) is 1.06. The highest BCUT2D eigenvalue weighted by atomic mass is 16.3. The number of hydrogen-bond acceptors (Lipinski definition) is 3. The summed E-state index contributed by atoms with van der Waals surface area (Å²) in [6.45, 7) is 0.654. The molecule has 0 saturated heterocycles. The molecule has 0 saturated carbocycles. The van der Waals surface area contributed by atoms with Gasteiger partial charge in [-0.3, -0.25) is 9.78 Å². The van der Waals surface area contributed by atoms with Gasteiger partial charge < -0.3 is 10.0 Å². The molecule has 1 heterocycles. The van der Waals surface area contributed by atoms with Gasteiger partial charge in [0, 0.05) is 39.0 Å². The van der Waals surface area contributed by atoms with Gasteiger partial charge in [0.05, 0.1) is 0 Å². The normalized spacial score (nSPS) is 10.0. The number of nitrogens with zero attached hydrogens (tertiary/aromatic N) is 2. The number of aromatic nitrogens is 1. The van der Waals surface area contributed by atoms with Crippen molar-refractivity contribution in [3.05, 3.63) is 30.1 Å². The van der Waals surface area contributed by atoms with Crippen LogP contribution in [0, 0.1) is 0 Å². The van der Waals surface area contributed by atoms with Crippen molar-refractivity contribution in [3.8, 4) is 0 Å². The Kier molecular flexibility index (Phi) is 4.77. The maximum atomic E-state index is 11.5. The topological polar surface area (TPSA) is 53.4 Å². The molecule has 0 aliphatic rings. The van der Waals surface area contributed by atoms with Crippen LogP contribution in [0.1, 0.15) is 18.4 Å². The third kappa shape index (κ3) is 4.08. The van der Waals surface area contributed by atoms with Gasteiger partial charge in [-0.2, -0.15) is 0 Å². The molecule has 1 aromatic heterocycles. The molecular formula is C11H16N2O2. The molecule has 1 aromatic rings. The lowest BCUT2D eigenvalue weighted by atomic mass is 10.2. The van der Waals surface area contributed by atoms with E-state index in [4.69, 9.17) is 5.11 Å². The lowest BCUT2D eigenvalue weighted by Crippen LogP contribution is -2.26. The van der Waals surface area contributed by atoms with Gasteiger partial charge in [-0.15, -0.1) is 0 Å². The molecule has 4 nitrogen and oxygen atoms in total. The third-order valence-electron chi connectivity index (χ3n) is 2.14. The molecule has 1 N–H and O–H groups in total. The van der Waals surface area contributed by atoms with Gasteiger partial charge in [-0.05, 0) is 24.1 Å². The second-order valence-electron chi connectivity index (χ2n) is 3.43. The quantitative estimate of drug-likeness (QED) is 0.779. The highest BCUT2D eigenvalue weighted by molar-refractivity contribution is 5.75. The van der Waals surface area contributed by atoms with Crippen molar-refractivity contribution in [2.75, 3.05) is 13.7 Å². The molecule has 0 fully saturated rings. The van der Waals surface area contributed by atoms with Crippen LogP contribution in [0.4, 0.5) is 0 Å². The lowest BCUT2D eigenvalue weighted by molar-refractivity contribution is -0.130. The van der Waals surface area contributed by atoms with E-state index < -0.39 is 0 Å². The number of amides is 1. The summed E-state index contributed by atoms with van der Waals surface area (Å²) >= 11 is 0. The number of rotatable bonds is 5. The highest BCUT2D eigenvalue weighted by Crippen LogP contribution is 2.03. The molecule has 4 heteroatoms. The van der Waals surface area contributed by atoms with E-state index in [0.717, 1.165) is 5.56 Å². The highest BCUT2D eigenvalue weighted by Gasteiger charge is 2.07. The summed E-state index contributed by atoms with van der Waals surface area (Å²) in [6.07, 6.45) is 4.35.